The molecule has 11 nitrogen and oxygen atoms in total. The predicted molar refractivity (Wildman–Crippen MR) is 107 cm³/mol. The lowest BCUT2D eigenvalue weighted by Gasteiger charge is -2.56. The van der Waals surface area contributed by atoms with Gasteiger partial charge in [-0.05, 0) is 56.3 Å². The highest BCUT2D eigenvalue weighted by atomic mass is 16.6. The van der Waals surface area contributed by atoms with Crippen molar-refractivity contribution in [1.29, 1.82) is 0 Å². The standard InChI is InChI=1S/C20H28N4O7/c25-8-13-14(26)15(27)17(31-13)24-7-12(16(28)22-19(24)30)21-18(29)23-20-4-9-1-10(5-20)3-11(2-9)6-20/h7,9-11,13-15,17,25-27H,1-6,8H2,(H2,21,23,29)(H,22,28,30)/t9?,10?,11?,13-,14-,15-,17-,20?/m1/s1. The van der Waals surface area contributed by atoms with E-state index in [1.165, 1.54) is 19.3 Å². The SMILES string of the molecule is O=C(Nc1cn([C@@H]2O[C@H](CO)[C@@H](O)[C@H]2O)c(=O)[nH]c1=O)NC12CC3CC(CC(C3)C1)C2. The van der Waals surface area contributed by atoms with Crippen molar-refractivity contribution in [2.24, 2.45) is 17.8 Å². The summed E-state index contributed by atoms with van der Waals surface area (Å²) in [5.41, 5.74) is -2.08. The average molecular weight is 436 g/mol. The minimum atomic E-state index is -1.49. The molecule has 31 heavy (non-hydrogen) atoms. The molecule has 11 heteroatoms. The molecule has 4 atom stereocenters. The monoisotopic (exact) mass is 436 g/mol. The summed E-state index contributed by atoms with van der Waals surface area (Å²) < 4.78 is 6.25. The fraction of sp³-hybridized carbons (Fsp3) is 0.750. The number of nitrogens with one attached hydrogen (secondary N) is 3. The van der Waals surface area contributed by atoms with Crippen molar-refractivity contribution in [3.05, 3.63) is 27.0 Å². The van der Waals surface area contributed by atoms with Gasteiger partial charge in [0, 0.05) is 11.7 Å². The molecule has 170 valence electrons. The van der Waals surface area contributed by atoms with E-state index >= 15 is 0 Å². The summed E-state index contributed by atoms with van der Waals surface area (Å²) in [5.74, 6) is 1.93. The molecule has 5 aliphatic rings. The van der Waals surface area contributed by atoms with E-state index < -0.39 is 48.4 Å². The number of anilines is 1. The first-order valence-electron chi connectivity index (χ1n) is 10.8. The molecule has 4 saturated carbocycles. The minimum Gasteiger partial charge on any atom is -0.394 e. The molecular formula is C20H28N4O7. The van der Waals surface area contributed by atoms with Crippen LogP contribution in [-0.4, -0.2) is 61.4 Å². The minimum absolute atomic E-state index is 0.181. The molecule has 1 aromatic rings. The van der Waals surface area contributed by atoms with Gasteiger partial charge in [0.25, 0.3) is 5.56 Å². The van der Waals surface area contributed by atoms with E-state index in [2.05, 4.69) is 15.6 Å². The van der Waals surface area contributed by atoms with Crippen LogP contribution in [0.5, 0.6) is 0 Å². The van der Waals surface area contributed by atoms with E-state index in [9.17, 15) is 29.7 Å². The quantitative estimate of drug-likeness (QED) is 0.361. The van der Waals surface area contributed by atoms with Gasteiger partial charge < -0.3 is 30.7 Å². The van der Waals surface area contributed by atoms with Gasteiger partial charge in [-0.15, -0.1) is 0 Å². The number of aliphatic hydroxyl groups is 3. The third-order valence-corrected chi connectivity index (χ3v) is 7.42. The van der Waals surface area contributed by atoms with Gasteiger partial charge in [0.1, 0.15) is 24.0 Å². The van der Waals surface area contributed by atoms with Crippen molar-refractivity contribution >= 4 is 11.7 Å². The molecule has 1 aromatic heterocycles. The first kappa shape index (κ1) is 20.7. The summed E-state index contributed by atoms with van der Waals surface area (Å²) in [6, 6.07) is -0.515. The Bertz CT molecular complexity index is 953. The number of hydrogen-bond donors (Lipinski definition) is 6. The van der Waals surface area contributed by atoms with E-state index in [4.69, 9.17) is 4.74 Å². The van der Waals surface area contributed by atoms with Gasteiger partial charge in [-0.2, -0.15) is 0 Å². The van der Waals surface area contributed by atoms with E-state index in [-0.39, 0.29) is 11.2 Å². The topological polar surface area (TPSA) is 166 Å². The van der Waals surface area contributed by atoms with Gasteiger partial charge in [-0.1, -0.05) is 0 Å². The first-order chi connectivity index (χ1) is 14.8. The zero-order valence-corrected chi connectivity index (χ0v) is 17.0. The average Bonchev–Trinajstić information content (AvgIpc) is 2.97. The van der Waals surface area contributed by atoms with Gasteiger partial charge in [-0.3, -0.25) is 14.3 Å². The molecule has 6 rings (SSSR count). The molecule has 0 radical (unpaired) electrons. The van der Waals surface area contributed by atoms with Crippen LogP contribution in [0.25, 0.3) is 0 Å². The Morgan fingerprint density at radius 2 is 1.74 bits per heavy atom. The highest BCUT2D eigenvalue weighted by Gasteiger charge is 2.51. The third-order valence-electron chi connectivity index (χ3n) is 7.42. The molecule has 4 bridgehead atoms. The summed E-state index contributed by atoms with van der Waals surface area (Å²) in [5, 5.41) is 35.0. The number of carbonyl (C=O) groups excluding carboxylic acids is 1. The Kier molecular flexibility index (Phi) is 4.96. The fourth-order valence-electron chi connectivity index (χ4n) is 6.53. The van der Waals surface area contributed by atoms with Gasteiger partial charge in [0.2, 0.25) is 0 Å². The number of aliphatic hydroxyl groups excluding tert-OH is 3. The van der Waals surface area contributed by atoms with Gasteiger partial charge >= 0.3 is 11.7 Å². The van der Waals surface area contributed by atoms with Crippen LogP contribution in [0.1, 0.15) is 44.8 Å². The largest absolute Gasteiger partial charge is 0.394 e. The molecule has 5 fully saturated rings. The normalized spacial score (nSPS) is 40.8. The van der Waals surface area contributed by atoms with E-state index in [0.29, 0.717) is 17.8 Å². The zero-order chi connectivity index (χ0) is 21.9. The van der Waals surface area contributed by atoms with Gasteiger partial charge in [-0.25, -0.2) is 9.59 Å². The number of urea groups is 1. The Morgan fingerprint density at radius 1 is 1.13 bits per heavy atom. The molecule has 6 N–H and O–H groups in total. The maximum absolute atomic E-state index is 12.8. The summed E-state index contributed by atoms with van der Waals surface area (Å²) in [7, 11) is 0. The Balaban J connectivity index is 1.34. The van der Waals surface area contributed by atoms with Crippen LogP contribution in [-0.2, 0) is 4.74 Å². The first-order valence-corrected chi connectivity index (χ1v) is 10.8. The van der Waals surface area contributed by atoms with Crippen LogP contribution in [0.15, 0.2) is 15.8 Å². The predicted octanol–water partition coefficient (Wildman–Crippen LogP) is -0.762. The molecule has 1 aliphatic heterocycles. The lowest BCUT2D eigenvalue weighted by Crippen LogP contribution is -2.60. The summed E-state index contributed by atoms with van der Waals surface area (Å²) in [4.78, 5) is 39.4. The van der Waals surface area contributed by atoms with Crippen LogP contribution in [0.4, 0.5) is 10.5 Å². The molecule has 2 heterocycles. The Labute approximate surface area is 177 Å². The van der Waals surface area contributed by atoms with Crippen molar-refractivity contribution in [1.82, 2.24) is 14.9 Å². The van der Waals surface area contributed by atoms with Crippen molar-refractivity contribution in [2.45, 2.75) is 68.6 Å². The molecule has 0 spiro atoms. The zero-order valence-electron chi connectivity index (χ0n) is 17.0. The lowest BCUT2D eigenvalue weighted by molar-refractivity contribution is -0.0549. The molecule has 0 unspecified atom stereocenters. The Morgan fingerprint density at radius 3 is 2.29 bits per heavy atom. The number of rotatable bonds is 4. The van der Waals surface area contributed by atoms with Gasteiger partial charge in [0.15, 0.2) is 6.23 Å². The number of aromatic amines is 1. The summed E-state index contributed by atoms with van der Waals surface area (Å²) in [6.45, 7) is -0.550. The smallest absolute Gasteiger partial charge is 0.330 e. The summed E-state index contributed by atoms with van der Waals surface area (Å²) in [6.07, 6.45) is 2.35. The third kappa shape index (κ3) is 3.59. The van der Waals surface area contributed by atoms with Crippen LogP contribution in [0.3, 0.4) is 0 Å². The van der Waals surface area contributed by atoms with Crippen LogP contribution >= 0.6 is 0 Å². The van der Waals surface area contributed by atoms with Crippen LogP contribution in [0.2, 0.25) is 0 Å². The van der Waals surface area contributed by atoms with Crippen molar-refractivity contribution in [2.75, 3.05) is 11.9 Å². The number of nitrogens with zero attached hydrogens (tertiary/aromatic N) is 1. The van der Waals surface area contributed by atoms with E-state index in [1.807, 2.05) is 0 Å². The maximum Gasteiger partial charge on any atom is 0.330 e. The second kappa shape index (κ2) is 7.44. The number of amides is 2. The second-order valence-electron chi connectivity index (χ2n) is 9.72. The lowest BCUT2D eigenvalue weighted by atomic mass is 9.53. The summed E-state index contributed by atoms with van der Waals surface area (Å²) >= 11 is 0. The highest BCUT2D eigenvalue weighted by Crippen LogP contribution is 2.55. The molecule has 1 saturated heterocycles. The molecule has 4 aliphatic carbocycles. The van der Waals surface area contributed by atoms with Crippen molar-refractivity contribution in [3.63, 3.8) is 0 Å². The number of carbonyl (C=O) groups is 1. The second-order valence-corrected chi connectivity index (χ2v) is 9.72. The van der Waals surface area contributed by atoms with Crippen LogP contribution < -0.4 is 21.9 Å². The molecule has 2 amide bonds. The maximum atomic E-state index is 12.8. The van der Waals surface area contributed by atoms with E-state index in [1.54, 1.807) is 0 Å². The Hall–Kier alpha value is -2.21. The number of ether oxygens (including phenoxy) is 1. The van der Waals surface area contributed by atoms with Crippen LogP contribution in [0, 0.1) is 17.8 Å². The number of H-pyrrole nitrogens is 1. The number of aromatic nitrogens is 2. The molecule has 0 aromatic carbocycles. The van der Waals surface area contributed by atoms with Crippen molar-refractivity contribution in [3.8, 4) is 0 Å². The highest BCUT2D eigenvalue weighted by molar-refractivity contribution is 5.89. The fourth-order valence-corrected chi connectivity index (χ4v) is 6.53. The van der Waals surface area contributed by atoms with Gasteiger partial charge in [0.05, 0.1) is 6.61 Å². The van der Waals surface area contributed by atoms with E-state index in [0.717, 1.165) is 30.0 Å². The van der Waals surface area contributed by atoms with Crippen molar-refractivity contribution < 1.29 is 24.9 Å². The molecular weight excluding hydrogens is 408 g/mol. The number of hydrogen-bond acceptors (Lipinski definition) is 7.